The zero-order valence-electron chi connectivity index (χ0n) is 80.2. The van der Waals surface area contributed by atoms with Crippen LogP contribution in [0.1, 0.15) is 123 Å². The van der Waals surface area contributed by atoms with Gasteiger partial charge in [-0.1, -0.05) is 91.5 Å². The predicted octanol–water partition coefficient (Wildman–Crippen LogP) is 16.2. The molecule has 39 nitrogen and oxygen atoms in total. The first-order chi connectivity index (χ1) is 71.0. The molecule has 16 aromatic rings. The molecule has 0 atom stereocenters. The third-order valence-corrected chi connectivity index (χ3v) is 21.1. The zero-order valence-corrected chi connectivity index (χ0v) is 80.2. The van der Waals surface area contributed by atoms with Gasteiger partial charge in [0.05, 0.1) is 107 Å². The van der Waals surface area contributed by atoms with Gasteiger partial charge in [0, 0.05) is 168 Å². The number of pyridine rings is 10. The van der Waals surface area contributed by atoms with Gasteiger partial charge in [-0.05, 0) is 122 Å². The first-order valence-corrected chi connectivity index (χ1v) is 44.5. The molecule has 25 N–H and O–H groups in total. The van der Waals surface area contributed by atoms with Crippen molar-refractivity contribution in [1.82, 2.24) is 76.4 Å². The van der Waals surface area contributed by atoms with E-state index in [-0.39, 0.29) is 68.7 Å². The third-order valence-electron chi connectivity index (χ3n) is 21.1. The molecular formula is C104H97F5N30O9. The first kappa shape index (κ1) is 106. The smallest absolute Gasteiger partial charge is 0.274 e. The van der Waals surface area contributed by atoms with Gasteiger partial charge in [0.15, 0.2) is 17.5 Å². The molecule has 0 saturated carbocycles. The molecule has 148 heavy (non-hydrogen) atoms. The normalized spacial score (nSPS) is 10.5. The standard InChI is InChI=1S/C23H20N6O2.C21H20F2N6O2.C21H21N7O2.C20H20N6O2.C19H16F3N5O/c1-25-23(31)17-13-27-20(29-22-15-7-3-2-6-14(15)10-11-26-22)12-19(17)28-18-9-5-4-8-16(18)21(24)30;1-21(22,23)14-7-5-9-26-19(14)29-17-10-16(13(11-27-17)20(31)25-2)28-15-8-4-3-6-12(15)18(24)30;1-12(22)13-7-8-25-18(9-13)28-19-10-17(15(11-26-19)21(30)24-2)27-16-6-4-3-5-14(16)20(23)29;1-12-6-5-9-17(24-12)26-18-10-16(14(11-23-18)20(28)22-2)25-15-8-4-3-7-13(15)19(21)27;1-10-3-4-16(24-8-10)27-17-7-15(12(9-25-17)19(28)23-2)26-11-5-13(20)18(22)14(21)6-11/h2-13H,1H3,(H2,24,30)(H,25,31)(H2,26,27,28,29);3-11H,1-2H3,(H2,24,30)(H,25,31)(H2,26,27,28,29);3-11H,1,22H2,2H3,(H2,23,29)(H,24,30)(H2,25,26,27,28);3-11H,1-2H3,(H2,21,27)(H,22,28)(H2,23,24,25,26);3-9H,1-2H3,(H,23,28)(H2,24,25,26,27). The highest BCUT2D eigenvalue weighted by atomic mass is 19.3. The number of primary amides is 4. The molecule has 752 valence electrons. The predicted molar refractivity (Wildman–Crippen MR) is 558 cm³/mol. The van der Waals surface area contributed by atoms with Crippen LogP contribution in [0.15, 0.2) is 287 Å². The summed E-state index contributed by atoms with van der Waals surface area (Å²) < 4.78 is 68.0. The summed E-state index contributed by atoms with van der Waals surface area (Å²) in [6, 6.07) is 61.5. The molecule has 0 unspecified atom stereocenters. The number of benzene rings is 6. The van der Waals surface area contributed by atoms with Crippen molar-refractivity contribution in [2.45, 2.75) is 26.7 Å². The molecule has 0 saturated heterocycles. The van der Waals surface area contributed by atoms with E-state index in [4.69, 9.17) is 28.7 Å². The molecule has 0 bridgehead atoms. The number of amides is 9. The summed E-state index contributed by atoms with van der Waals surface area (Å²) in [5, 5.41) is 44.9. The van der Waals surface area contributed by atoms with Crippen LogP contribution >= 0.6 is 0 Å². The molecular weight excluding hydrogens is 1910 g/mol. The Bertz CT molecular complexity index is 7650. The molecule has 0 aliphatic carbocycles. The van der Waals surface area contributed by atoms with Crippen LogP contribution in [-0.2, 0) is 5.92 Å². The molecule has 6 aromatic carbocycles. The summed E-state index contributed by atoms with van der Waals surface area (Å²) in [4.78, 5) is 151. The number of halogens is 5. The van der Waals surface area contributed by atoms with Crippen LogP contribution < -0.4 is 108 Å². The molecule has 0 radical (unpaired) electrons. The van der Waals surface area contributed by atoms with Crippen LogP contribution in [-0.4, -0.2) is 138 Å². The van der Waals surface area contributed by atoms with Gasteiger partial charge in [0.25, 0.3) is 59.1 Å². The van der Waals surface area contributed by atoms with E-state index in [1.807, 2.05) is 68.4 Å². The largest absolute Gasteiger partial charge is 0.399 e. The molecule has 10 heterocycles. The number of anilines is 20. The van der Waals surface area contributed by atoms with E-state index in [0.717, 1.165) is 46.6 Å². The van der Waals surface area contributed by atoms with E-state index in [1.165, 1.54) is 103 Å². The van der Waals surface area contributed by atoms with Crippen molar-refractivity contribution in [3.63, 3.8) is 0 Å². The Hall–Kier alpha value is -20.5. The van der Waals surface area contributed by atoms with Crippen molar-refractivity contribution < 1.29 is 65.1 Å². The van der Waals surface area contributed by atoms with Gasteiger partial charge >= 0.3 is 0 Å². The highest BCUT2D eigenvalue weighted by Crippen LogP contribution is 2.38. The number of hydrogen-bond donors (Lipinski definition) is 20. The van der Waals surface area contributed by atoms with Crippen LogP contribution in [0.3, 0.4) is 0 Å². The number of carbonyl (C=O) groups excluding carboxylic acids is 9. The number of rotatable bonds is 31. The lowest BCUT2D eigenvalue weighted by Gasteiger charge is -2.17. The van der Waals surface area contributed by atoms with Crippen LogP contribution in [0.2, 0.25) is 0 Å². The Morgan fingerprint density at radius 2 is 0.655 bits per heavy atom. The minimum absolute atomic E-state index is 0.0628. The highest BCUT2D eigenvalue weighted by Gasteiger charge is 2.30. The number of nitrogens with zero attached hydrogens (tertiary/aromatic N) is 10. The quantitative estimate of drug-likeness (QED) is 0.0142. The number of fused-ring (bicyclic) bond motifs is 1. The van der Waals surface area contributed by atoms with Gasteiger partial charge in [-0.25, -0.2) is 71.8 Å². The van der Waals surface area contributed by atoms with E-state index in [1.54, 1.807) is 146 Å². The van der Waals surface area contributed by atoms with E-state index < -0.39 is 58.8 Å². The van der Waals surface area contributed by atoms with E-state index in [2.05, 4.69) is 136 Å². The Morgan fingerprint density at radius 1 is 0.304 bits per heavy atom. The number of nitrogens with one attached hydrogen (secondary N) is 15. The summed E-state index contributed by atoms with van der Waals surface area (Å²) in [7, 11) is 7.48. The summed E-state index contributed by atoms with van der Waals surface area (Å²) >= 11 is 0. The average molecular weight is 2010 g/mol. The number of hydrogen-bond acceptors (Lipinski definition) is 30. The Balaban J connectivity index is 0.000000164. The topological polar surface area (TPSA) is 593 Å². The summed E-state index contributed by atoms with van der Waals surface area (Å²) in [6.07, 6.45) is 13.3. The second-order valence-corrected chi connectivity index (χ2v) is 31.6. The van der Waals surface area contributed by atoms with Gasteiger partial charge in [-0.3, -0.25) is 43.2 Å². The van der Waals surface area contributed by atoms with Crippen molar-refractivity contribution in [1.29, 1.82) is 0 Å². The third kappa shape index (κ3) is 28.2. The Kier molecular flexibility index (Phi) is 35.6. The van der Waals surface area contributed by atoms with E-state index in [9.17, 15) is 65.1 Å². The lowest BCUT2D eigenvalue weighted by Crippen LogP contribution is -2.20. The molecule has 0 aliphatic heterocycles. The van der Waals surface area contributed by atoms with Crippen molar-refractivity contribution in [3.05, 3.63) is 377 Å². The minimum atomic E-state index is -3.12. The second-order valence-electron chi connectivity index (χ2n) is 31.6. The average Bonchev–Trinajstić information content (AvgIpc) is 0.568. The van der Waals surface area contributed by atoms with Crippen molar-refractivity contribution in [2.75, 3.05) is 88.4 Å². The van der Waals surface area contributed by atoms with Crippen molar-refractivity contribution >= 4 is 185 Å². The summed E-state index contributed by atoms with van der Waals surface area (Å²) in [5.74, 6) is -7.51. The fourth-order valence-electron chi connectivity index (χ4n) is 13.9. The van der Waals surface area contributed by atoms with Crippen LogP contribution in [0, 0.1) is 31.3 Å². The fraction of sp³-hybridized carbons (Fsp3) is 0.0865. The monoisotopic (exact) mass is 2000 g/mol. The Morgan fingerprint density at radius 3 is 1.04 bits per heavy atom. The fourth-order valence-corrected chi connectivity index (χ4v) is 13.9. The number of para-hydroxylation sites is 4. The van der Waals surface area contributed by atoms with Crippen LogP contribution in [0.4, 0.5) is 137 Å². The molecule has 0 fully saturated rings. The molecule has 0 aliphatic rings. The summed E-state index contributed by atoms with van der Waals surface area (Å²) in [6.45, 7) is 8.27. The molecule has 16 rings (SSSR count). The maximum atomic E-state index is 13.9. The lowest BCUT2D eigenvalue weighted by molar-refractivity contribution is 0.0179. The van der Waals surface area contributed by atoms with Gasteiger partial charge in [-0.15, -0.1) is 0 Å². The number of alkyl halides is 2. The summed E-state index contributed by atoms with van der Waals surface area (Å²) in [5.41, 5.74) is 36.2. The van der Waals surface area contributed by atoms with Gasteiger partial charge in [-0.2, -0.15) is 0 Å². The van der Waals surface area contributed by atoms with Gasteiger partial charge in [0.1, 0.15) is 58.2 Å². The molecule has 0 spiro atoms. The highest BCUT2D eigenvalue weighted by molar-refractivity contribution is 6.08. The molecule has 44 heteroatoms. The Labute approximate surface area is 842 Å². The van der Waals surface area contributed by atoms with Gasteiger partial charge in [0.2, 0.25) is 0 Å². The number of aromatic nitrogens is 10. The van der Waals surface area contributed by atoms with Gasteiger partial charge < -0.3 is 108 Å². The number of aryl methyl sites for hydroxylation is 2. The van der Waals surface area contributed by atoms with E-state index in [0.29, 0.717) is 125 Å². The number of carbonyl (C=O) groups is 9. The van der Waals surface area contributed by atoms with Crippen molar-refractivity contribution in [3.8, 4) is 0 Å². The molecule has 10 aromatic heterocycles. The zero-order chi connectivity index (χ0) is 106. The number of nitrogens with two attached hydrogens (primary N) is 5. The molecule has 9 amide bonds. The van der Waals surface area contributed by atoms with E-state index >= 15 is 0 Å². The SMILES string of the molecule is C=C(N)c1ccnc(Nc2cc(Nc3ccccc3C(N)=O)c(C(=O)NC)cn2)c1.CNC(=O)c1cnc(Nc2ccc(C)cn2)cc1Nc1cc(F)c(F)c(F)c1.CNC(=O)c1cnc(Nc2cccc(C)n2)cc1Nc1ccccc1C(N)=O.CNC(=O)c1cnc(Nc2nccc3ccccc23)cc1Nc1ccccc1C(N)=O.CNC(=O)c1cnc(Nc2ncccc2C(C)(F)F)cc1Nc1ccccc1C(N)=O. The lowest BCUT2D eigenvalue weighted by atomic mass is 10.1. The maximum Gasteiger partial charge on any atom is 0.274 e. The second kappa shape index (κ2) is 49.6. The minimum Gasteiger partial charge on any atom is -0.399 e. The van der Waals surface area contributed by atoms with Crippen LogP contribution in [0.5, 0.6) is 0 Å². The van der Waals surface area contributed by atoms with Crippen molar-refractivity contribution in [2.24, 2.45) is 28.7 Å². The maximum absolute atomic E-state index is 13.9. The first-order valence-electron chi connectivity index (χ1n) is 44.5. The van der Waals surface area contributed by atoms with Crippen LogP contribution in [0.25, 0.3) is 16.5 Å².